The molecule has 0 spiro atoms. The zero-order valence-electron chi connectivity index (χ0n) is 10.6. The molecule has 18 heavy (non-hydrogen) atoms. The van der Waals surface area contributed by atoms with Crippen LogP contribution in [0.5, 0.6) is 0 Å². The Kier molecular flexibility index (Phi) is 4.86. The van der Waals surface area contributed by atoms with Crippen LogP contribution >= 0.6 is 82.9 Å². The van der Waals surface area contributed by atoms with E-state index in [1.165, 1.54) is 4.24 Å². The fourth-order valence-corrected chi connectivity index (χ4v) is 31.1. The Labute approximate surface area is 136 Å². The van der Waals surface area contributed by atoms with Gasteiger partial charge in [0.25, 0.3) is 0 Å². The number of hydrogen-bond acceptors (Lipinski definition) is 7. The van der Waals surface area contributed by atoms with Crippen LogP contribution in [0.25, 0.3) is 0 Å². The molecule has 0 nitrogen and oxygen atoms in total. The summed E-state index contributed by atoms with van der Waals surface area (Å²) in [4.78, 5) is 0. The Morgan fingerprint density at radius 1 is 0.778 bits per heavy atom. The fraction of sp³-hybridized carbons (Fsp3) is 0.400. The second-order valence-electron chi connectivity index (χ2n) is 3.38. The van der Waals surface area contributed by atoms with E-state index in [2.05, 4.69) is 89.8 Å². The molecule has 0 atom stereocenters. The van der Waals surface area contributed by atoms with Gasteiger partial charge in [-0.2, -0.15) is 0 Å². The molecule has 8 heteroatoms. The summed E-state index contributed by atoms with van der Waals surface area (Å²) < 4.78 is 0.539. The Bertz CT molecular complexity index is 419. The highest BCUT2D eigenvalue weighted by Crippen LogP contribution is 3.22. The van der Waals surface area contributed by atoms with E-state index in [1.54, 1.807) is 4.24 Å². The van der Waals surface area contributed by atoms with Gasteiger partial charge in [0, 0.05) is 0 Å². The SMILES string of the molecule is CSS1(SC)(SC)(SC)C=CSC1=C1SC=CS1. The highest BCUT2D eigenvalue weighted by atomic mass is 34.1. The molecule has 0 bridgehead atoms. The van der Waals surface area contributed by atoms with E-state index >= 15 is 0 Å². The van der Waals surface area contributed by atoms with Crippen molar-refractivity contribution in [3.63, 3.8) is 0 Å². The van der Waals surface area contributed by atoms with Crippen LogP contribution in [0.3, 0.4) is 0 Å². The first kappa shape index (κ1) is 16.4. The van der Waals surface area contributed by atoms with Crippen molar-refractivity contribution in [3.05, 3.63) is 30.1 Å². The first-order chi connectivity index (χ1) is 8.57. The van der Waals surface area contributed by atoms with Gasteiger partial charge < -0.3 is 0 Å². The van der Waals surface area contributed by atoms with Crippen LogP contribution in [-0.2, 0) is 0 Å². The van der Waals surface area contributed by atoms with Gasteiger partial charge >= 0.3 is 0 Å². The van der Waals surface area contributed by atoms with E-state index in [1.807, 2.05) is 35.3 Å². The quantitative estimate of drug-likeness (QED) is 0.455. The summed E-state index contributed by atoms with van der Waals surface area (Å²) in [6, 6.07) is 0. The minimum absolute atomic E-state index is 1.47. The van der Waals surface area contributed by atoms with Crippen LogP contribution in [0, 0.1) is 0 Å². The van der Waals surface area contributed by atoms with Crippen molar-refractivity contribution in [2.45, 2.75) is 0 Å². The normalized spacial score (nSPS) is 30.9. The monoisotopic (exact) mass is 392 g/mol. The third kappa shape index (κ3) is 1.93. The molecule has 0 aromatic carbocycles. The molecule has 2 rings (SSSR count). The third-order valence-corrected chi connectivity index (χ3v) is 41.4. The molecule has 2 aliphatic heterocycles. The van der Waals surface area contributed by atoms with Crippen LogP contribution in [0.2, 0.25) is 0 Å². The van der Waals surface area contributed by atoms with E-state index in [4.69, 9.17) is 0 Å². The van der Waals surface area contributed by atoms with Crippen LogP contribution in [0.4, 0.5) is 0 Å². The maximum Gasteiger partial charge on any atom is 0.0698 e. The van der Waals surface area contributed by atoms with Gasteiger partial charge in [-0.25, -0.2) is 0 Å². The van der Waals surface area contributed by atoms with Crippen molar-refractivity contribution in [2.24, 2.45) is 0 Å². The molecular formula is C10H16S8. The maximum atomic E-state index is 2.51. The predicted molar refractivity (Wildman–Crippen MR) is 110 cm³/mol. The van der Waals surface area contributed by atoms with E-state index < -0.39 is 4.42 Å². The number of rotatable bonds is 4. The summed E-state index contributed by atoms with van der Waals surface area (Å²) in [6.45, 7) is 0. The lowest BCUT2D eigenvalue weighted by molar-refractivity contribution is 2.33. The Morgan fingerprint density at radius 3 is 1.72 bits per heavy atom. The summed E-state index contributed by atoms with van der Waals surface area (Å²) >= 11 is 5.68. The Balaban J connectivity index is 2.74. The van der Waals surface area contributed by atoms with Crippen LogP contribution in [0.1, 0.15) is 0 Å². The molecule has 0 unspecified atom stereocenters. The number of hydrogen-bond donors (Lipinski definition) is 0. The van der Waals surface area contributed by atoms with Gasteiger partial charge in [-0.15, -0.1) is 0 Å². The zero-order valence-corrected chi connectivity index (χ0v) is 17.1. The van der Waals surface area contributed by atoms with Crippen molar-refractivity contribution in [2.75, 3.05) is 25.0 Å². The van der Waals surface area contributed by atoms with Gasteiger partial charge in [-0.3, -0.25) is 0 Å². The summed E-state index contributed by atoms with van der Waals surface area (Å²) in [6.07, 6.45) is 9.11. The molecule has 104 valence electrons. The average Bonchev–Trinajstić information content (AvgIpc) is 3.07. The predicted octanol–water partition coefficient (Wildman–Crippen LogP) is 7.27. The second-order valence-corrected chi connectivity index (χ2v) is 29.3. The molecule has 0 aliphatic carbocycles. The topological polar surface area (TPSA) is 0 Å². The highest BCUT2D eigenvalue weighted by Gasteiger charge is 2.64. The third-order valence-electron chi connectivity index (χ3n) is 3.04. The smallest absolute Gasteiger partial charge is 0.0698 e. The lowest BCUT2D eigenvalue weighted by Gasteiger charge is -2.71. The van der Waals surface area contributed by atoms with Gasteiger partial charge in [-0.05, 0) is 46.7 Å². The Hall–Kier alpha value is 2.02. The van der Waals surface area contributed by atoms with Gasteiger partial charge in [0.2, 0.25) is 0 Å². The minimum atomic E-state index is -2.51. The molecular weight excluding hydrogens is 377 g/mol. The van der Waals surface area contributed by atoms with Crippen molar-refractivity contribution in [1.82, 2.24) is 0 Å². The standard InChI is InChI=1S/C10H16S8/c1-11-18(12-2,13-3,14-4)8-7-17-10(18)9-15-5-6-16-9/h5-8H,1-4H3. The van der Waals surface area contributed by atoms with Gasteiger partial charge in [-0.1, -0.05) is 82.9 Å². The molecule has 2 aliphatic rings. The fourth-order valence-electron chi connectivity index (χ4n) is 1.84. The summed E-state index contributed by atoms with van der Waals surface area (Å²) in [5.74, 6) is 0. The number of thioether (sulfide) groups is 3. The minimum Gasteiger partial charge on any atom is -0.0983 e. The largest absolute Gasteiger partial charge is 0.0983 e. The van der Waals surface area contributed by atoms with Crippen LogP contribution < -0.4 is 0 Å². The van der Waals surface area contributed by atoms with Crippen LogP contribution in [0.15, 0.2) is 30.1 Å². The molecule has 0 fully saturated rings. The maximum absolute atomic E-state index is 2.51. The summed E-state index contributed by atoms with van der Waals surface area (Å²) in [5.41, 5.74) is 0. The molecule has 0 radical (unpaired) electrons. The molecule has 0 saturated carbocycles. The lowest BCUT2D eigenvalue weighted by atomic mass is 11.2. The average molecular weight is 393 g/mol. The summed E-state index contributed by atoms with van der Waals surface area (Å²) in [5, 5.41) is 9.22. The van der Waals surface area contributed by atoms with Crippen molar-refractivity contribution in [3.8, 4) is 0 Å². The zero-order chi connectivity index (χ0) is 13.3. The molecule has 0 aromatic rings. The Morgan fingerprint density at radius 2 is 1.28 bits per heavy atom. The lowest BCUT2D eigenvalue weighted by Crippen LogP contribution is -2.15. The molecule has 0 N–H and O–H groups in total. The summed E-state index contributed by atoms with van der Waals surface area (Å²) in [7, 11) is 8.23. The molecule has 0 amide bonds. The van der Waals surface area contributed by atoms with E-state index in [-0.39, 0.29) is 0 Å². The van der Waals surface area contributed by atoms with Gasteiger partial charge in [0.15, 0.2) is 0 Å². The van der Waals surface area contributed by atoms with E-state index in [0.29, 0.717) is 0 Å². The van der Waals surface area contributed by atoms with Crippen molar-refractivity contribution < 1.29 is 0 Å². The molecule has 0 aromatic heterocycles. The van der Waals surface area contributed by atoms with Gasteiger partial charge in [0.05, 0.1) is 8.47 Å². The second kappa shape index (κ2) is 5.34. The van der Waals surface area contributed by atoms with E-state index in [9.17, 15) is 0 Å². The molecule has 0 saturated heterocycles. The van der Waals surface area contributed by atoms with Crippen molar-refractivity contribution >= 4 is 82.9 Å². The highest BCUT2D eigenvalue weighted by molar-refractivity contribution is 9.84. The van der Waals surface area contributed by atoms with Gasteiger partial charge in [0.1, 0.15) is 0 Å². The first-order valence-electron chi connectivity index (χ1n) is 4.98. The first-order valence-corrected chi connectivity index (χ1v) is 17.1. The van der Waals surface area contributed by atoms with Crippen molar-refractivity contribution in [1.29, 1.82) is 0 Å². The molecule has 2 heterocycles. The van der Waals surface area contributed by atoms with E-state index in [0.717, 1.165) is 0 Å². The van der Waals surface area contributed by atoms with Crippen LogP contribution in [-0.4, -0.2) is 25.0 Å².